The van der Waals surface area contributed by atoms with E-state index in [4.69, 9.17) is 0 Å². The van der Waals surface area contributed by atoms with Gasteiger partial charge in [0.1, 0.15) is 6.29 Å². The van der Waals surface area contributed by atoms with Crippen LogP contribution in [0, 0.1) is 0 Å². The summed E-state index contributed by atoms with van der Waals surface area (Å²) in [5.41, 5.74) is 7.12. The number of carbonyl (C=O) groups is 1. The average molecular weight is 927 g/mol. The molecule has 0 unspecified atom stereocenters. The van der Waals surface area contributed by atoms with Crippen LogP contribution in [0.2, 0.25) is 0 Å². The Hall–Kier alpha value is -7.97. The second-order valence-electron chi connectivity index (χ2n) is 18.3. The van der Waals surface area contributed by atoms with Gasteiger partial charge in [-0.15, -0.1) is 0 Å². The summed E-state index contributed by atoms with van der Waals surface area (Å²) in [5.74, 6) is 0. The van der Waals surface area contributed by atoms with Gasteiger partial charge in [-0.2, -0.15) is 0 Å². The number of pyridine rings is 4. The molecule has 350 valence electrons. The van der Waals surface area contributed by atoms with Crippen molar-refractivity contribution in [2.75, 3.05) is 6.54 Å². The lowest BCUT2D eigenvalue weighted by atomic mass is 9.90. The van der Waals surface area contributed by atoms with E-state index in [1.165, 1.54) is 75.8 Å². The predicted octanol–water partition coefficient (Wildman–Crippen LogP) is 14.3. The lowest BCUT2D eigenvalue weighted by molar-refractivity contribution is -0.107. The van der Waals surface area contributed by atoms with E-state index in [0.29, 0.717) is 6.42 Å². The second-order valence-corrected chi connectivity index (χ2v) is 18.3. The van der Waals surface area contributed by atoms with Crippen molar-refractivity contribution < 1.29 is 4.79 Å². The SMILES string of the molecule is O=CCCCc1ccc2ccc3cccc4ccc1c2c34.c1ccc(CN(CCCCc2ccc3ccc4cccc5ccc2c3c45)Cc2ccccn2)nc1.c1ccc(CNCc2ccccn2)nc1. The fourth-order valence-corrected chi connectivity index (χ4v) is 10.0. The van der Waals surface area contributed by atoms with Crippen LogP contribution in [-0.2, 0) is 43.8 Å². The molecule has 0 aliphatic carbocycles. The predicted molar refractivity (Wildman–Crippen MR) is 294 cm³/mol. The molecule has 7 heteroatoms. The molecule has 12 aromatic rings. The highest BCUT2D eigenvalue weighted by atomic mass is 16.1. The van der Waals surface area contributed by atoms with Crippen molar-refractivity contribution in [1.29, 1.82) is 0 Å². The Balaban J connectivity index is 0.000000136. The molecule has 0 fully saturated rings. The summed E-state index contributed by atoms with van der Waals surface area (Å²) in [5, 5.41) is 19.5. The van der Waals surface area contributed by atoms with Crippen LogP contribution in [0.15, 0.2) is 207 Å². The summed E-state index contributed by atoms with van der Waals surface area (Å²) >= 11 is 0. The molecule has 0 atom stereocenters. The van der Waals surface area contributed by atoms with Crippen molar-refractivity contribution in [2.45, 2.75) is 64.7 Å². The van der Waals surface area contributed by atoms with Crippen LogP contribution in [0.1, 0.15) is 59.6 Å². The first-order chi connectivity index (χ1) is 35.2. The van der Waals surface area contributed by atoms with E-state index in [2.05, 4.69) is 164 Å². The minimum absolute atomic E-state index is 0.641. The Morgan fingerprint density at radius 2 is 0.775 bits per heavy atom. The molecule has 0 amide bonds. The third-order valence-corrected chi connectivity index (χ3v) is 13.5. The van der Waals surface area contributed by atoms with E-state index >= 15 is 0 Å². The van der Waals surface area contributed by atoms with Crippen LogP contribution in [0.4, 0.5) is 0 Å². The standard InChI is InChI=1S/C32H29N3.C20H16O.C12H13N3/c1-4-19-33-28(11-1)22-35(23-29-12-2-5-20-34-29)21-6-3-8-24-13-14-27-16-15-25-9-7-10-26-17-18-30(24)32(27)31(25)26;21-13-2-1-4-14-7-8-17-10-9-15-5-3-6-16-11-12-18(14)20(17)19(15)16;1-3-7-14-11(5-1)9-13-10-12-6-2-4-8-15-12/h1-2,4-5,7,9-20H,3,6,8,21-23H2;3,5-13H,1-2,4H2;1-8,13H,9-10H2. The van der Waals surface area contributed by atoms with Crippen molar-refractivity contribution in [3.63, 3.8) is 0 Å². The van der Waals surface area contributed by atoms with Crippen LogP contribution in [0.25, 0.3) is 64.6 Å². The molecule has 0 saturated carbocycles. The Labute approximate surface area is 416 Å². The van der Waals surface area contributed by atoms with E-state index in [1.54, 1.807) is 12.4 Å². The summed E-state index contributed by atoms with van der Waals surface area (Å²) in [4.78, 5) is 30.5. The fraction of sp³-hybridized carbons (Fsp3) is 0.172. The minimum Gasteiger partial charge on any atom is -0.306 e. The topological polar surface area (TPSA) is 83.9 Å². The quantitative estimate of drug-likeness (QED) is 0.0553. The van der Waals surface area contributed by atoms with Crippen molar-refractivity contribution >= 4 is 70.9 Å². The van der Waals surface area contributed by atoms with Crippen molar-refractivity contribution in [3.8, 4) is 0 Å². The molecule has 1 N–H and O–H groups in total. The van der Waals surface area contributed by atoms with Crippen LogP contribution in [0.3, 0.4) is 0 Å². The summed E-state index contributed by atoms with van der Waals surface area (Å²) in [6, 6.07) is 64.3. The highest BCUT2D eigenvalue weighted by Gasteiger charge is 2.13. The number of nitrogens with zero attached hydrogens (tertiary/aromatic N) is 5. The zero-order valence-corrected chi connectivity index (χ0v) is 40.1. The van der Waals surface area contributed by atoms with E-state index in [9.17, 15) is 4.79 Å². The van der Waals surface area contributed by atoms with Gasteiger partial charge in [-0.3, -0.25) is 24.8 Å². The largest absolute Gasteiger partial charge is 0.306 e. The first-order valence-electron chi connectivity index (χ1n) is 25.0. The molecular weight excluding hydrogens is 869 g/mol. The Morgan fingerprint density at radius 1 is 0.380 bits per heavy atom. The maximum Gasteiger partial charge on any atom is 0.120 e. The van der Waals surface area contributed by atoms with Gasteiger partial charge in [0.25, 0.3) is 0 Å². The molecule has 7 nitrogen and oxygen atoms in total. The Bertz CT molecular complexity index is 3460. The maximum atomic E-state index is 10.5. The van der Waals surface area contributed by atoms with Crippen molar-refractivity contribution in [3.05, 3.63) is 241 Å². The molecule has 4 heterocycles. The third kappa shape index (κ3) is 11.4. The lowest BCUT2D eigenvalue weighted by Gasteiger charge is -2.22. The van der Waals surface area contributed by atoms with Crippen LogP contribution >= 0.6 is 0 Å². The zero-order valence-electron chi connectivity index (χ0n) is 40.1. The number of aromatic nitrogens is 4. The van der Waals surface area contributed by atoms with E-state index in [-0.39, 0.29) is 0 Å². The minimum atomic E-state index is 0.641. The van der Waals surface area contributed by atoms with E-state index in [1.807, 2.05) is 60.9 Å². The molecule has 71 heavy (non-hydrogen) atoms. The van der Waals surface area contributed by atoms with Crippen molar-refractivity contribution in [2.24, 2.45) is 0 Å². The van der Waals surface area contributed by atoms with Gasteiger partial charge in [0.05, 0.1) is 22.8 Å². The summed E-state index contributed by atoms with van der Waals surface area (Å²) in [6.45, 7) is 4.26. The number of carbonyl (C=O) groups excluding carboxylic acids is 1. The molecule has 0 aliphatic rings. The van der Waals surface area contributed by atoms with Gasteiger partial charge in [-0.1, -0.05) is 133 Å². The van der Waals surface area contributed by atoms with Gasteiger partial charge in [-0.25, -0.2) is 0 Å². The Morgan fingerprint density at radius 3 is 1.20 bits per heavy atom. The highest BCUT2D eigenvalue weighted by Crippen LogP contribution is 2.38. The molecule has 0 saturated heterocycles. The first kappa shape index (κ1) is 46.7. The summed E-state index contributed by atoms with van der Waals surface area (Å²) in [6.07, 6.45) is 14.3. The first-order valence-corrected chi connectivity index (χ1v) is 25.0. The molecule has 8 aromatic carbocycles. The highest BCUT2D eigenvalue weighted by molar-refractivity contribution is 6.24. The monoisotopic (exact) mass is 926 g/mol. The molecule has 0 radical (unpaired) electrons. The number of nitrogens with one attached hydrogen (secondary N) is 1. The van der Waals surface area contributed by atoms with Crippen molar-refractivity contribution in [1.82, 2.24) is 30.2 Å². The number of aryl methyl sites for hydroxylation is 2. The Kier molecular flexibility index (Phi) is 15.2. The molecule has 0 bridgehead atoms. The molecule has 12 rings (SSSR count). The number of hydrogen-bond donors (Lipinski definition) is 1. The zero-order chi connectivity index (χ0) is 48.0. The van der Waals surface area contributed by atoms with Gasteiger partial charge < -0.3 is 10.1 Å². The fourth-order valence-electron chi connectivity index (χ4n) is 10.0. The van der Waals surface area contributed by atoms with Gasteiger partial charge in [0.15, 0.2) is 0 Å². The molecule has 4 aromatic heterocycles. The number of hydrogen-bond acceptors (Lipinski definition) is 7. The maximum absolute atomic E-state index is 10.5. The summed E-state index contributed by atoms with van der Waals surface area (Å²) in [7, 11) is 0. The van der Waals surface area contributed by atoms with Crippen LogP contribution < -0.4 is 5.32 Å². The van der Waals surface area contributed by atoms with E-state index < -0.39 is 0 Å². The number of rotatable bonds is 17. The van der Waals surface area contributed by atoms with E-state index in [0.717, 1.165) is 93.9 Å². The number of benzene rings is 8. The second kappa shape index (κ2) is 23.1. The van der Waals surface area contributed by atoms with Gasteiger partial charge in [-0.05, 0) is 163 Å². The molecular formula is C64H58N6O. The lowest BCUT2D eigenvalue weighted by Crippen LogP contribution is -2.25. The smallest absolute Gasteiger partial charge is 0.120 e. The molecule has 0 aliphatic heterocycles. The normalized spacial score (nSPS) is 11.4. The van der Waals surface area contributed by atoms with Gasteiger partial charge in [0.2, 0.25) is 0 Å². The van der Waals surface area contributed by atoms with Crippen LogP contribution in [0.5, 0.6) is 0 Å². The summed E-state index contributed by atoms with van der Waals surface area (Å²) < 4.78 is 0. The van der Waals surface area contributed by atoms with Gasteiger partial charge >= 0.3 is 0 Å². The number of unbranched alkanes of at least 4 members (excludes halogenated alkanes) is 2. The number of aldehydes is 1. The molecule has 0 spiro atoms. The average Bonchev–Trinajstić information content (AvgIpc) is 3.43. The van der Waals surface area contributed by atoms with Gasteiger partial charge in [0, 0.05) is 57.4 Å². The van der Waals surface area contributed by atoms with Crippen LogP contribution in [-0.4, -0.2) is 37.7 Å². The third-order valence-electron chi connectivity index (χ3n) is 13.5.